The molecule has 1 rings (SSSR count). The van der Waals surface area contributed by atoms with E-state index in [-0.39, 0.29) is 12.4 Å². The molecule has 2 N–H and O–H groups in total. The van der Waals surface area contributed by atoms with Crippen molar-refractivity contribution in [2.24, 2.45) is 5.41 Å². The Morgan fingerprint density at radius 1 is 1.37 bits per heavy atom. The van der Waals surface area contributed by atoms with Crippen LogP contribution in [0.1, 0.15) is 37.0 Å². The van der Waals surface area contributed by atoms with E-state index in [9.17, 15) is 15.0 Å². The van der Waals surface area contributed by atoms with Crippen molar-refractivity contribution in [1.29, 1.82) is 0 Å². The van der Waals surface area contributed by atoms with Crippen LogP contribution in [0.25, 0.3) is 0 Å². The number of Topliss-reactive ketones (excluding diaryl/α,β-unsaturated/α-hetero) is 1. The molecule has 1 aromatic carbocycles. The molecule has 0 unspecified atom stereocenters. The molecule has 2 atom stereocenters. The number of ether oxygens (including phenoxy) is 1. The van der Waals surface area contributed by atoms with Gasteiger partial charge in [-0.1, -0.05) is 13.3 Å². The summed E-state index contributed by atoms with van der Waals surface area (Å²) < 4.78 is 5.04. The minimum Gasteiger partial charge on any atom is -0.497 e. The van der Waals surface area contributed by atoms with Gasteiger partial charge in [-0.05, 0) is 37.6 Å². The minimum atomic E-state index is -1.16. The maximum atomic E-state index is 12.5. The summed E-state index contributed by atoms with van der Waals surface area (Å²) in [6.07, 6.45) is 0.392. The van der Waals surface area contributed by atoms with E-state index < -0.39 is 11.5 Å². The number of carbonyl (C=O) groups is 1. The Morgan fingerprint density at radius 2 is 1.95 bits per heavy atom. The van der Waals surface area contributed by atoms with Crippen molar-refractivity contribution in [3.8, 4) is 5.75 Å². The normalized spacial score (nSPS) is 15.6. The predicted molar refractivity (Wildman–Crippen MR) is 73.4 cm³/mol. The first-order valence-corrected chi connectivity index (χ1v) is 6.47. The van der Waals surface area contributed by atoms with Gasteiger partial charge in [0.15, 0.2) is 5.78 Å². The third-order valence-corrected chi connectivity index (χ3v) is 3.50. The van der Waals surface area contributed by atoms with Gasteiger partial charge in [-0.3, -0.25) is 4.79 Å². The van der Waals surface area contributed by atoms with E-state index in [0.29, 0.717) is 17.7 Å². The van der Waals surface area contributed by atoms with E-state index in [1.165, 1.54) is 0 Å². The van der Waals surface area contributed by atoms with E-state index in [4.69, 9.17) is 4.74 Å². The molecule has 0 aromatic heterocycles. The van der Waals surface area contributed by atoms with Crippen molar-refractivity contribution in [3.63, 3.8) is 0 Å². The van der Waals surface area contributed by atoms with Crippen molar-refractivity contribution in [2.45, 2.75) is 32.8 Å². The number of benzene rings is 1. The monoisotopic (exact) mass is 266 g/mol. The van der Waals surface area contributed by atoms with Crippen LogP contribution in [0, 0.1) is 5.41 Å². The summed E-state index contributed by atoms with van der Waals surface area (Å²) >= 11 is 0. The fourth-order valence-corrected chi connectivity index (χ4v) is 1.99. The second-order valence-corrected chi connectivity index (χ2v) is 4.94. The number of aliphatic hydroxyl groups excluding tert-OH is 2. The zero-order chi connectivity index (χ0) is 14.5. The van der Waals surface area contributed by atoms with E-state index in [2.05, 4.69) is 0 Å². The average Bonchev–Trinajstić information content (AvgIpc) is 2.46. The summed E-state index contributed by atoms with van der Waals surface area (Å²) in [5, 5.41) is 19.6. The third kappa shape index (κ3) is 3.33. The number of aliphatic hydroxyl groups is 2. The number of hydrogen-bond acceptors (Lipinski definition) is 4. The Balaban J connectivity index is 2.99. The molecule has 0 aliphatic carbocycles. The molecule has 0 amide bonds. The molecule has 0 radical (unpaired) electrons. The van der Waals surface area contributed by atoms with Crippen molar-refractivity contribution in [1.82, 2.24) is 0 Å². The molecular formula is C15H22O4. The van der Waals surface area contributed by atoms with Gasteiger partial charge in [0.2, 0.25) is 0 Å². The number of methoxy groups -OCH3 is 1. The summed E-state index contributed by atoms with van der Waals surface area (Å²) in [6.45, 7) is 3.15. The fourth-order valence-electron chi connectivity index (χ4n) is 1.99. The summed E-state index contributed by atoms with van der Waals surface area (Å²) in [4.78, 5) is 12.5. The van der Waals surface area contributed by atoms with Crippen LogP contribution in [0.2, 0.25) is 0 Å². The third-order valence-electron chi connectivity index (χ3n) is 3.50. The molecule has 1 aromatic rings. The standard InChI is InChI=1S/C15H22O4/c1-4-5-13(17)15(2,10-16)14(18)11-6-8-12(19-3)9-7-11/h6-9,13,16-17H,4-5,10H2,1-3H3/t13-,15+/m1/s1. The molecular weight excluding hydrogens is 244 g/mol. The first-order chi connectivity index (χ1) is 8.99. The second-order valence-electron chi connectivity index (χ2n) is 4.94. The first-order valence-electron chi connectivity index (χ1n) is 6.47. The molecule has 0 aliphatic rings. The topological polar surface area (TPSA) is 66.8 Å². The molecule has 0 bridgehead atoms. The quantitative estimate of drug-likeness (QED) is 0.741. The Kier molecular flexibility index (Phi) is 5.51. The molecule has 0 heterocycles. The summed E-state index contributed by atoms with van der Waals surface area (Å²) in [6, 6.07) is 6.68. The highest BCUT2D eigenvalue weighted by Crippen LogP contribution is 2.29. The maximum Gasteiger partial charge on any atom is 0.173 e. The molecule has 0 fully saturated rings. The lowest BCUT2D eigenvalue weighted by molar-refractivity contribution is 0.000558. The highest BCUT2D eigenvalue weighted by atomic mass is 16.5. The Labute approximate surface area is 114 Å². The van der Waals surface area contributed by atoms with Crippen molar-refractivity contribution >= 4 is 5.78 Å². The van der Waals surface area contributed by atoms with Crippen LogP contribution >= 0.6 is 0 Å². The van der Waals surface area contributed by atoms with Gasteiger partial charge in [-0.25, -0.2) is 0 Å². The Hall–Kier alpha value is -1.39. The lowest BCUT2D eigenvalue weighted by Gasteiger charge is -2.31. The fraction of sp³-hybridized carbons (Fsp3) is 0.533. The Bertz CT molecular complexity index is 413. The predicted octanol–water partition coefficient (Wildman–Crippen LogP) is 2.04. The second kappa shape index (κ2) is 6.68. The number of rotatable bonds is 7. The van der Waals surface area contributed by atoms with Crippen LogP contribution in [0.15, 0.2) is 24.3 Å². The number of carbonyl (C=O) groups excluding carboxylic acids is 1. The molecule has 4 heteroatoms. The smallest absolute Gasteiger partial charge is 0.173 e. The number of ketones is 1. The molecule has 0 aliphatic heterocycles. The zero-order valence-electron chi connectivity index (χ0n) is 11.7. The maximum absolute atomic E-state index is 12.5. The lowest BCUT2D eigenvalue weighted by atomic mass is 9.76. The SMILES string of the molecule is CCC[C@@H](O)[C@](C)(CO)C(=O)c1ccc(OC)cc1. The summed E-state index contributed by atoms with van der Waals surface area (Å²) in [7, 11) is 1.56. The first kappa shape index (κ1) is 15.7. The van der Waals surface area contributed by atoms with Crippen LogP contribution in [-0.2, 0) is 0 Å². The molecule has 19 heavy (non-hydrogen) atoms. The van der Waals surface area contributed by atoms with Crippen LogP contribution in [0.4, 0.5) is 0 Å². The van der Waals surface area contributed by atoms with Crippen molar-refractivity contribution in [2.75, 3.05) is 13.7 Å². The largest absolute Gasteiger partial charge is 0.497 e. The van der Waals surface area contributed by atoms with Crippen LogP contribution in [0.5, 0.6) is 5.75 Å². The lowest BCUT2D eigenvalue weighted by Crippen LogP contribution is -2.43. The van der Waals surface area contributed by atoms with Crippen LogP contribution in [-0.4, -0.2) is 35.8 Å². The highest BCUT2D eigenvalue weighted by Gasteiger charge is 2.39. The molecule has 4 nitrogen and oxygen atoms in total. The van der Waals surface area contributed by atoms with Crippen LogP contribution < -0.4 is 4.74 Å². The average molecular weight is 266 g/mol. The van der Waals surface area contributed by atoms with E-state index >= 15 is 0 Å². The summed E-state index contributed by atoms with van der Waals surface area (Å²) in [5.41, 5.74) is -0.697. The molecule has 0 saturated heterocycles. The van der Waals surface area contributed by atoms with Gasteiger partial charge in [0.25, 0.3) is 0 Å². The highest BCUT2D eigenvalue weighted by molar-refractivity contribution is 6.00. The minimum absolute atomic E-state index is 0.251. The van der Waals surface area contributed by atoms with Crippen LogP contribution in [0.3, 0.4) is 0 Å². The Morgan fingerprint density at radius 3 is 2.37 bits per heavy atom. The molecule has 0 saturated carbocycles. The number of hydrogen-bond donors (Lipinski definition) is 2. The summed E-state index contributed by atoms with van der Waals surface area (Å²) in [5.74, 6) is 0.412. The van der Waals surface area contributed by atoms with Gasteiger partial charge < -0.3 is 14.9 Å². The van der Waals surface area contributed by atoms with E-state index in [0.717, 1.165) is 6.42 Å². The van der Waals surface area contributed by atoms with E-state index in [1.54, 1.807) is 38.3 Å². The molecule has 106 valence electrons. The van der Waals surface area contributed by atoms with Gasteiger partial charge in [0.1, 0.15) is 5.75 Å². The van der Waals surface area contributed by atoms with Crippen molar-refractivity contribution < 1.29 is 19.7 Å². The zero-order valence-corrected chi connectivity index (χ0v) is 11.7. The van der Waals surface area contributed by atoms with Crippen molar-refractivity contribution in [3.05, 3.63) is 29.8 Å². The van der Waals surface area contributed by atoms with Gasteiger partial charge in [0, 0.05) is 5.56 Å². The van der Waals surface area contributed by atoms with Gasteiger partial charge >= 0.3 is 0 Å². The van der Waals surface area contributed by atoms with Gasteiger partial charge in [-0.15, -0.1) is 0 Å². The van der Waals surface area contributed by atoms with Gasteiger partial charge in [-0.2, -0.15) is 0 Å². The van der Waals surface area contributed by atoms with Gasteiger partial charge in [0.05, 0.1) is 25.2 Å². The van der Waals surface area contributed by atoms with E-state index in [1.807, 2.05) is 6.92 Å². The molecule has 0 spiro atoms.